The van der Waals surface area contributed by atoms with Gasteiger partial charge in [-0.15, -0.1) is 0 Å². The number of amides is 2. The van der Waals surface area contributed by atoms with E-state index in [1.807, 2.05) is 44.2 Å². The Labute approximate surface area is 290 Å². The van der Waals surface area contributed by atoms with E-state index in [9.17, 15) is 18.0 Å². The normalized spacial score (nSPS) is 12.7. The molecule has 4 aromatic rings. The van der Waals surface area contributed by atoms with Crippen LogP contribution < -0.4 is 9.62 Å². The lowest BCUT2D eigenvalue weighted by Crippen LogP contribution is -2.54. The molecule has 0 saturated carbocycles. The molecule has 2 amide bonds. The van der Waals surface area contributed by atoms with Crippen molar-refractivity contribution >= 4 is 73.9 Å². The van der Waals surface area contributed by atoms with Gasteiger partial charge < -0.3 is 10.2 Å². The van der Waals surface area contributed by atoms with E-state index in [0.29, 0.717) is 17.0 Å². The Morgan fingerprint density at radius 1 is 0.783 bits per heavy atom. The number of nitrogens with one attached hydrogen (secondary N) is 1. The fourth-order valence-electron chi connectivity index (χ4n) is 4.74. The summed E-state index contributed by atoms with van der Waals surface area (Å²) in [6, 6.07) is 25.1. The molecule has 1 N–H and O–H groups in total. The average molecular weight is 722 g/mol. The summed E-state index contributed by atoms with van der Waals surface area (Å²) in [5.41, 5.74) is 1.42. The van der Waals surface area contributed by atoms with Crippen LogP contribution in [-0.4, -0.2) is 43.8 Å². The number of nitrogens with zero attached hydrogens (tertiary/aromatic N) is 2. The van der Waals surface area contributed by atoms with E-state index in [0.717, 1.165) is 9.87 Å². The molecule has 0 aliphatic carbocycles. The number of halogens is 4. The fraction of sp³-hybridized carbons (Fsp3) is 0.235. The molecule has 2 atom stereocenters. The van der Waals surface area contributed by atoms with Crippen LogP contribution in [0.5, 0.6) is 0 Å². The lowest BCUT2D eigenvalue weighted by Gasteiger charge is -2.34. The van der Waals surface area contributed by atoms with E-state index in [2.05, 4.69) is 5.32 Å². The summed E-state index contributed by atoms with van der Waals surface area (Å²) in [6.45, 7) is 3.07. The smallest absolute Gasteiger partial charge is 0.264 e. The molecule has 12 heteroatoms. The summed E-state index contributed by atoms with van der Waals surface area (Å²) in [6.07, 6.45) is 0.834. The Morgan fingerprint density at radius 2 is 1.41 bits per heavy atom. The van der Waals surface area contributed by atoms with Crippen LogP contribution in [0.25, 0.3) is 0 Å². The first-order valence-electron chi connectivity index (χ1n) is 14.5. The van der Waals surface area contributed by atoms with Gasteiger partial charge in [0.2, 0.25) is 11.8 Å². The number of carbonyl (C=O) groups excluding carboxylic acids is 2. The quantitative estimate of drug-likeness (QED) is 0.152. The average Bonchev–Trinajstić information content (AvgIpc) is 3.05. The highest BCUT2D eigenvalue weighted by molar-refractivity contribution is 7.92. The molecule has 0 heterocycles. The van der Waals surface area contributed by atoms with Crippen LogP contribution in [0.3, 0.4) is 0 Å². The number of hydrogen-bond acceptors (Lipinski definition) is 4. The molecule has 0 aliphatic rings. The van der Waals surface area contributed by atoms with Gasteiger partial charge in [0.25, 0.3) is 10.0 Å². The van der Waals surface area contributed by atoms with Gasteiger partial charge in [0.1, 0.15) is 12.6 Å². The van der Waals surface area contributed by atoms with Crippen LogP contribution in [0.4, 0.5) is 5.69 Å². The Bertz CT molecular complexity index is 1780. The molecule has 0 bridgehead atoms. The van der Waals surface area contributed by atoms with Crippen molar-refractivity contribution in [3.63, 3.8) is 0 Å². The third-order valence-electron chi connectivity index (χ3n) is 7.40. The minimum Gasteiger partial charge on any atom is -0.352 e. The molecule has 7 nitrogen and oxygen atoms in total. The summed E-state index contributed by atoms with van der Waals surface area (Å²) >= 11 is 25.3. The molecule has 242 valence electrons. The van der Waals surface area contributed by atoms with E-state index in [1.165, 1.54) is 35.2 Å². The zero-order chi connectivity index (χ0) is 33.4. The first-order chi connectivity index (χ1) is 21.9. The van der Waals surface area contributed by atoms with Crippen LogP contribution in [-0.2, 0) is 32.6 Å². The lowest BCUT2D eigenvalue weighted by molar-refractivity contribution is -0.140. The van der Waals surface area contributed by atoms with Crippen LogP contribution in [0.1, 0.15) is 31.4 Å². The van der Waals surface area contributed by atoms with E-state index >= 15 is 0 Å². The van der Waals surface area contributed by atoms with E-state index < -0.39 is 28.5 Å². The first kappa shape index (κ1) is 35.6. The van der Waals surface area contributed by atoms with Crippen LogP contribution >= 0.6 is 46.4 Å². The highest BCUT2D eigenvalue weighted by atomic mass is 35.5. The highest BCUT2D eigenvalue weighted by Gasteiger charge is 2.35. The van der Waals surface area contributed by atoms with E-state index in [1.54, 1.807) is 36.4 Å². The number of carbonyl (C=O) groups is 2. The summed E-state index contributed by atoms with van der Waals surface area (Å²) < 4.78 is 29.2. The standard InChI is InChI=1S/C34H33Cl4N3O4S/c1-3-23(2)39-34(43)32(19-24-10-6-4-7-11-24)40(21-25-14-16-28(36)30(38)18-25)33(42)22-41(31-20-26(35)15-17-29(31)37)46(44,45)27-12-8-5-9-13-27/h4-18,20,23,32H,3,19,21-22H2,1-2H3,(H,39,43)/t23-,32-/m0/s1. The maximum atomic E-state index is 14.6. The van der Waals surface area contributed by atoms with Crippen molar-refractivity contribution in [1.82, 2.24) is 10.2 Å². The number of anilines is 1. The van der Waals surface area contributed by atoms with Gasteiger partial charge in [-0.1, -0.05) is 108 Å². The molecule has 4 aromatic carbocycles. The molecule has 0 spiro atoms. The molecule has 0 fully saturated rings. The Kier molecular flexibility index (Phi) is 12.4. The molecule has 0 saturated heterocycles. The third kappa shape index (κ3) is 8.96. The second-order valence-corrected chi connectivity index (χ2v) is 14.2. The monoisotopic (exact) mass is 719 g/mol. The van der Waals surface area contributed by atoms with Gasteiger partial charge in [-0.2, -0.15) is 0 Å². The zero-order valence-electron chi connectivity index (χ0n) is 25.2. The maximum Gasteiger partial charge on any atom is 0.264 e. The molecule has 0 aliphatic heterocycles. The number of sulfonamides is 1. The Balaban J connectivity index is 1.85. The van der Waals surface area contributed by atoms with Gasteiger partial charge in [-0.3, -0.25) is 13.9 Å². The topological polar surface area (TPSA) is 86.8 Å². The second-order valence-electron chi connectivity index (χ2n) is 10.7. The molecule has 46 heavy (non-hydrogen) atoms. The van der Waals surface area contributed by atoms with Gasteiger partial charge in [0.15, 0.2) is 0 Å². The first-order valence-corrected chi connectivity index (χ1v) is 17.5. The minimum atomic E-state index is -4.33. The van der Waals surface area contributed by atoms with Crippen molar-refractivity contribution in [2.75, 3.05) is 10.8 Å². The van der Waals surface area contributed by atoms with E-state index in [-0.39, 0.29) is 50.6 Å². The Hall–Kier alpha value is -3.27. The van der Waals surface area contributed by atoms with Crippen LogP contribution in [0.15, 0.2) is 102 Å². The third-order valence-corrected chi connectivity index (χ3v) is 10.5. The van der Waals surface area contributed by atoms with Crippen molar-refractivity contribution in [2.45, 2.75) is 50.2 Å². The van der Waals surface area contributed by atoms with Gasteiger partial charge in [0, 0.05) is 24.0 Å². The van der Waals surface area contributed by atoms with Crippen molar-refractivity contribution < 1.29 is 18.0 Å². The number of benzene rings is 4. The van der Waals surface area contributed by atoms with Gasteiger partial charge in [-0.25, -0.2) is 8.42 Å². The Morgan fingerprint density at radius 3 is 2.04 bits per heavy atom. The molecular formula is C34H33Cl4N3O4S. The highest BCUT2D eigenvalue weighted by Crippen LogP contribution is 2.33. The molecule has 0 unspecified atom stereocenters. The largest absolute Gasteiger partial charge is 0.352 e. The maximum absolute atomic E-state index is 14.6. The summed E-state index contributed by atoms with van der Waals surface area (Å²) in [5, 5.41) is 3.90. The molecule has 0 aromatic heterocycles. The van der Waals surface area contributed by atoms with Crippen LogP contribution in [0.2, 0.25) is 20.1 Å². The minimum absolute atomic E-state index is 0.0181. The van der Waals surface area contributed by atoms with Gasteiger partial charge in [-0.05, 0) is 66.9 Å². The van der Waals surface area contributed by atoms with Crippen LogP contribution in [0, 0.1) is 0 Å². The molecule has 0 radical (unpaired) electrons. The zero-order valence-corrected chi connectivity index (χ0v) is 29.0. The number of hydrogen-bond donors (Lipinski definition) is 1. The summed E-state index contributed by atoms with van der Waals surface area (Å²) in [5.74, 6) is -1.04. The van der Waals surface area contributed by atoms with Gasteiger partial charge >= 0.3 is 0 Å². The van der Waals surface area contributed by atoms with E-state index in [4.69, 9.17) is 46.4 Å². The van der Waals surface area contributed by atoms with Crippen molar-refractivity contribution in [2.24, 2.45) is 0 Å². The summed E-state index contributed by atoms with van der Waals surface area (Å²) in [7, 11) is -4.33. The van der Waals surface area contributed by atoms with Crippen molar-refractivity contribution in [3.8, 4) is 0 Å². The predicted molar refractivity (Wildman–Crippen MR) is 186 cm³/mol. The summed E-state index contributed by atoms with van der Waals surface area (Å²) in [4.78, 5) is 29.8. The molecular weight excluding hydrogens is 688 g/mol. The molecule has 4 rings (SSSR count). The van der Waals surface area contributed by atoms with Crippen molar-refractivity contribution in [1.29, 1.82) is 0 Å². The second kappa shape index (κ2) is 16.0. The lowest BCUT2D eigenvalue weighted by atomic mass is 10.0. The predicted octanol–water partition coefficient (Wildman–Crippen LogP) is 8.05. The number of rotatable bonds is 13. The van der Waals surface area contributed by atoms with Gasteiger partial charge in [0.05, 0.1) is 25.7 Å². The SMILES string of the molecule is CC[C@H](C)NC(=O)[C@H](Cc1ccccc1)N(Cc1ccc(Cl)c(Cl)c1)C(=O)CN(c1cc(Cl)ccc1Cl)S(=O)(=O)c1ccccc1. The fourth-order valence-corrected chi connectivity index (χ4v) is 6.94. The van der Waals surface area contributed by atoms with Crippen molar-refractivity contribution in [3.05, 3.63) is 128 Å².